The second-order valence-electron chi connectivity index (χ2n) is 4.38. The molecule has 0 aliphatic rings. The maximum atomic E-state index is 11.6. The lowest BCUT2D eigenvalue weighted by Gasteiger charge is -2.14. The fraction of sp³-hybridized carbons (Fsp3) is 0.267. The number of esters is 1. The lowest BCUT2D eigenvalue weighted by atomic mass is 10.2. The third-order valence-electron chi connectivity index (χ3n) is 2.73. The van der Waals surface area contributed by atoms with E-state index in [1.54, 1.807) is 19.9 Å². The van der Waals surface area contributed by atoms with Crippen LogP contribution in [0.3, 0.4) is 0 Å². The predicted molar refractivity (Wildman–Crippen MR) is 82.2 cm³/mol. The van der Waals surface area contributed by atoms with Crippen LogP contribution in [0.15, 0.2) is 36.4 Å². The quantitative estimate of drug-likeness (QED) is 0.679. The maximum absolute atomic E-state index is 11.6. The molecular weight excluding hydrogens is 290 g/mol. The summed E-state index contributed by atoms with van der Waals surface area (Å²) in [6, 6.07) is 10.6. The van der Waals surface area contributed by atoms with Crippen molar-refractivity contribution in [2.24, 2.45) is 0 Å². The number of ether oxygens (including phenoxy) is 1. The summed E-state index contributed by atoms with van der Waals surface area (Å²) in [5, 5.41) is 3.28. The molecule has 1 heterocycles. The minimum atomic E-state index is -0.514. The van der Waals surface area contributed by atoms with Gasteiger partial charge in [0.2, 0.25) is 0 Å². The second kappa shape index (κ2) is 7.04. The predicted octanol–water partition coefficient (Wildman–Crippen LogP) is 3.16. The van der Waals surface area contributed by atoms with Crippen LogP contribution in [0.2, 0.25) is 5.15 Å². The van der Waals surface area contributed by atoms with Crippen molar-refractivity contribution in [2.45, 2.75) is 19.9 Å². The Kier molecular flexibility index (Phi) is 5.11. The third kappa shape index (κ3) is 4.16. The Hall–Kier alpha value is -2.14. The van der Waals surface area contributed by atoms with Gasteiger partial charge in [0.25, 0.3) is 0 Å². The SMILES string of the molecule is CCOC(=O)C(C)Nc1cc(Cl)nc(-c2ccccc2)n1. The highest BCUT2D eigenvalue weighted by atomic mass is 35.5. The highest BCUT2D eigenvalue weighted by Crippen LogP contribution is 2.20. The summed E-state index contributed by atoms with van der Waals surface area (Å²) < 4.78 is 4.94. The molecule has 110 valence electrons. The van der Waals surface area contributed by atoms with Crippen LogP contribution in [0.1, 0.15) is 13.8 Å². The number of carbonyl (C=O) groups is 1. The van der Waals surface area contributed by atoms with Gasteiger partial charge in [0.1, 0.15) is 17.0 Å². The monoisotopic (exact) mass is 305 g/mol. The van der Waals surface area contributed by atoms with E-state index in [9.17, 15) is 4.79 Å². The lowest BCUT2D eigenvalue weighted by Crippen LogP contribution is -2.28. The average Bonchev–Trinajstić information content (AvgIpc) is 2.47. The second-order valence-corrected chi connectivity index (χ2v) is 4.77. The molecule has 0 spiro atoms. The van der Waals surface area contributed by atoms with E-state index in [1.165, 1.54) is 0 Å². The minimum absolute atomic E-state index is 0.308. The Morgan fingerprint density at radius 1 is 1.33 bits per heavy atom. The topological polar surface area (TPSA) is 64.1 Å². The van der Waals surface area contributed by atoms with Crippen LogP contribution in [0.5, 0.6) is 0 Å². The largest absolute Gasteiger partial charge is 0.464 e. The molecule has 0 bridgehead atoms. The number of anilines is 1. The number of rotatable bonds is 5. The molecular formula is C15H16ClN3O2. The van der Waals surface area contributed by atoms with Gasteiger partial charge >= 0.3 is 5.97 Å². The van der Waals surface area contributed by atoms with Crippen LogP contribution >= 0.6 is 11.6 Å². The van der Waals surface area contributed by atoms with Crippen LogP contribution < -0.4 is 5.32 Å². The summed E-state index contributed by atoms with van der Waals surface area (Å²) in [5.74, 6) is 0.643. The summed E-state index contributed by atoms with van der Waals surface area (Å²) >= 11 is 6.02. The molecule has 1 N–H and O–H groups in total. The first-order chi connectivity index (χ1) is 10.1. The first kappa shape index (κ1) is 15.3. The van der Waals surface area contributed by atoms with E-state index < -0.39 is 6.04 Å². The summed E-state index contributed by atoms with van der Waals surface area (Å²) in [7, 11) is 0. The Bertz CT molecular complexity index is 620. The molecule has 1 aromatic carbocycles. The van der Waals surface area contributed by atoms with Crippen LogP contribution in [0.4, 0.5) is 5.82 Å². The number of nitrogens with one attached hydrogen (secondary N) is 1. The molecule has 5 nitrogen and oxygen atoms in total. The summed E-state index contributed by atoms with van der Waals surface area (Å²) in [6.07, 6.45) is 0. The molecule has 0 saturated heterocycles. The molecule has 1 atom stereocenters. The molecule has 6 heteroatoms. The Balaban J connectivity index is 2.22. The zero-order chi connectivity index (χ0) is 15.2. The van der Waals surface area contributed by atoms with E-state index in [4.69, 9.17) is 16.3 Å². The molecule has 2 aromatic rings. The van der Waals surface area contributed by atoms with Crippen molar-refractivity contribution in [3.8, 4) is 11.4 Å². The fourth-order valence-electron chi connectivity index (χ4n) is 1.76. The normalized spacial score (nSPS) is 11.8. The van der Waals surface area contributed by atoms with Gasteiger partial charge in [0.05, 0.1) is 6.61 Å². The Morgan fingerprint density at radius 3 is 2.71 bits per heavy atom. The number of halogens is 1. The summed E-state index contributed by atoms with van der Waals surface area (Å²) in [4.78, 5) is 20.2. The molecule has 0 aliphatic carbocycles. The minimum Gasteiger partial charge on any atom is -0.464 e. The molecule has 21 heavy (non-hydrogen) atoms. The number of hydrogen-bond acceptors (Lipinski definition) is 5. The fourth-order valence-corrected chi connectivity index (χ4v) is 1.94. The van der Waals surface area contributed by atoms with Crippen molar-refractivity contribution in [2.75, 3.05) is 11.9 Å². The van der Waals surface area contributed by atoms with Crippen LogP contribution in [0, 0.1) is 0 Å². The molecule has 0 fully saturated rings. The zero-order valence-electron chi connectivity index (χ0n) is 11.8. The molecule has 0 radical (unpaired) electrons. The van der Waals surface area contributed by atoms with E-state index in [2.05, 4.69) is 15.3 Å². The lowest BCUT2D eigenvalue weighted by molar-refractivity contribution is -0.143. The molecule has 0 saturated carbocycles. The van der Waals surface area contributed by atoms with E-state index >= 15 is 0 Å². The number of aromatic nitrogens is 2. The van der Waals surface area contributed by atoms with Gasteiger partial charge in [0.15, 0.2) is 5.82 Å². The standard InChI is InChI=1S/C15H16ClN3O2/c1-3-21-15(20)10(2)17-13-9-12(16)18-14(19-13)11-7-5-4-6-8-11/h4-10H,3H2,1-2H3,(H,17,18,19). The maximum Gasteiger partial charge on any atom is 0.328 e. The van der Waals surface area contributed by atoms with Gasteiger partial charge < -0.3 is 10.1 Å². The van der Waals surface area contributed by atoms with Gasteiger partial charge in [-0.2, -0.15) is 0 Å². The zero-order valence-corrected chi connectivity index (χ0v) is 12.6. The molecule has 2 rings (SSSR count). The number of nitrogens with zero attached hydrogens (tertiary/aromatic N) is 2. The molecule has 1 aromatic heterocycles. The van der Waals surface area contributed by atoms with Crippen molar-refractivity contribution >= 4 is 23.4 Å². The third-order valence-corrected chi connectivity index (χ3v) is 2.93. The highest BCUT2D eigenvalue weighted by molar-refractivity contribution is 6.29. The molecule has 0 aliphatic heterocycles. The van der Waals surface area contributed by atoms with Gasteiger partial charge in [-0.1, -0.05) is 41.9 Å². The summed E-state index contributed by atoms with van der Waals surface area (Å²) in [5.41, 5.74) is 0.854. The van der Waals surface area contributed by atoms with Gasteiger partial charge in [-0.15, -0.1) is 0 Å². The van der Waals surface area contributed by atoms with Crippen LogP contribution in [0.25, 0.3) is 11.4 Å². The van der Waals surface area contributed by atoms with E-state index in [0.29, 0.717) is 23.4 Å². The Morgan fingerprint density at radius 2 is 2.05 bits per heavy atom. The van der Waals surface area contributed by atoms with Crippen molar-refractivity contribution in [3.05, 3.63) is 41.6 Å². The van der Waals surface area contributed by atoms with Crippen molar-refractivity contribution in [1.29, 1.82) is 0 Å². The van der Waals surface area contributed by atoms with Crippen molar-refractivity contribution < 1.29 is 9.53 Å². The first-order valence-electron chi connectivity index (χ1n) is 6.63. The average molecular weight is 306 g/mol. The van der Waals surface area contributed by atoms with E-state index in [-0.39, 0.29) is 5.97 Å². The van der Waals surface area contributed by atoms with E-state index in [0.717, 1.165) is 5.56 Å². The van der Waals surface area contributed by atoms with Gasteiger partial charge in [-0.25, -0.2) is 14.8 Å². The highest BCUT2D eigenvalue weighted by Gasteiger charge is 2.15. The molecule has 0 amide bonds. The summed E-state index contributed by atoms with van der Waals surface area (Å²) in [6.45, 7) is 3.81. The number of hydrogen-bond donors (Lipinski definition) is 1. The smallest absolute Gasteiger partial charge is 0.328 e. The molecule has 1 unspecified atom stereocenters. The van der Waals surface area contributed by atoms with Crippen molar-refractivity contribution in [3.63, 3.8) is 0 Å². The van der Waals surface area contributed by atoms with Crippen LogP contribution in [-0.4, -0.2) is 28.6 Å². The van der Waals surface area contributed by atoms with Gasteiger partial charge in [-0.3, -0.25) is 0 Å². The van der Waals surface area contributed by atoms with Gasteiger partial charge in [-0.05, 0) is 13.8 Å². The Labute approximate surface area is 128 Å². The number of benzene rings is 1. The van der Waals surface area contributed by atoms with E-state index in [1.807, 2.05) is 30.3 Å². The van der Waals surface area contributed by atoms with Crippen LogP contribution in [-0.2, 0) is 9.53 Å². The van der Waals surface area contributed by atoms with Crippen molar-refractivity contribution in [1.82, 2.24) is 9.97 Å². The first-order valence-corrected chi connectivity index (χ1v) is 7.01. The van der Waals surface area contributed by atoms with Gasteiger partial charge in [0, 0.05) is 11.6 Å². The number of carbonyl (C=O) groups excluding carboxylic acids is 1.